The van der Waals surface area contributed by atoms with Crippen molar-refractivity contribution in [3.8, 4) is 5.75 Å². The molecule has 1 aromatic rings. The molecule has 80 valence electrons. The summed E-state index contributed by atoms with van der Waals surface area (Å²) in [6, 6.07) is 5.86. The number of epoxide rings is 1. The molecule has 0 N–H and O–H groups in total. The molecule has 1 aliphatic rings. The van der Waals surface area contributed by atoms with Gasteiger partial charge in [0.25, 0.3) is 0 Å². The molecule has 2 rings (SSSR count). The number of esters is 1. The van der Waals surface area contributed by atoms with Crippen LogP contribution in [0.2, 0.25) is 0 Å². The van der Waals surface area contributed by atoms with E-state index in [4.69, 9.17) is 9.47 Å². The highest BCUT2D eigenvalue weighted by atomic mass is 16.6. The maximum Gasteiger partial charge on any atom is 0.308 e. The van der Waals surface area contributed by atoms with Crippen molar-refractivity contribution < 1.29 is 14.3 Å². The van der Waals surface area contributed by atoms with E-state index in [0.717, 1.165) is 18.6 Å². The minimum Gasteiger partial charge on any atom is -0.426 e. The molecule has 0 radical (unpaired) electrons. The molecule has 0 amide bonds. The fraction of sp³-hybridized carbons (Fsp3) is 0.417. The number of benzene rings is 1. The Morgan fingerprint density at radius 1 is 1.60 bits per heavy atom. The molecular weight excluding hydrogens is 192 g/mol. The number of carbonyl (C=O) groups excluding carboxylic acids is 1. The molecule has 0 bridgehead atoms. The van der Waals surface area contributed by atoms with Crippen LogP contribution in [0.3, 0.4) is 0 Å². The van der Waals surface area contributed by atoms with Crippen molar-refractivity contribution >= 4 is 5.97 Å². The van der Waals surface area contributed by atoms with Gasteiger partial charge in [0, 0.05) is 13.3 Å². The number of aryl methyl sites for hydroxylation is 1. The Bertz CT molecular complexity index is 380. The fourth-order valence-corrected chi connectivity index (χ4v) is 1.56. The minimum atomic E-state index is -0.281. The Kier molecular flexibility index (Phi) is 2.73. The highest BCUT2D eigenvalue weighted by Crippen LogP contribution is 2.22. The highest BCUT2D eigenvalue weighted by molar-refractivity contribution is 5.69. The average molecular weight is 206 g/mol. The summed E-state index contributed by atoms with van der Waals surface area (Å²) in [5.74, 6) is 0.361. The summed E-state index contributed by atoms with van der Waals surface area (Å²) in [7, 11) is 0. The van der Waals surface area contributed by atoms with Crippen LogP contribution in [-0.4, -0.2) is 18.7 Å². The molecule has 1 saturated heterocycles. The van der Waals surface area contributed by atoms with Crippen molar-refractivity contribution in [2.45, 2.75) is 26.4 Å². The van der Waals surface area contributed by atoms with Crippen LogP contribution in [0.1, 0.15) is 18.1 Å². The van der Waals surface area contributed by atoms with Gasteiger partial charge in [0.05, 0.1) is 12.7 Å². The predicted octanol–water partition coefficient (Wildman–Crippen LogP) is 1.86. The van der Waals surface area contributed by atoms with Crippen LogP contribution in [0.5, 0.6) is 5.75 Å². The molecule has 0 saturated carbocycles. The molecule has 1 fully saturated rings. The predicted molar refractivity (Wildman–Crippen MR) is 55.9 cm³/mol. The Morgan fingerprint density at radius 2 is 2.33 bits per heavy atom. The van der Waals surface area contributed by atoms with Gasteiger partial charge in [-0.15, -0.1) is 0 Å². The molecule has 1 heterocycles. The van der Waals surface area contributed by atoms with Crippen molar-refractivity contribution in [1.82, 2.24) is 0 Å². The van der Waals surface area contributed by atoms with E-state index in [0.29, 0.717) is 11.9 Å². The van der Waals surface area contributed by atoms with Crippen LogP contribution in [-0.2, 0) is 16.0 Å². The van der Waals surface area contributed by atoms with E-state index in [9.17, 15) is 4.79 Å². The molecule has 1 aliphatic heterocycles. The molecule has 3 nitrogen and oxygen atoms in total. The van der Waals surface area contributed by atoms with Gasteiger partial charge < -0.3 is 9.47 Å². The van der Waals surface area contributed by atoms with Crippen LogP contribution < -0.4 is 4.74 Å². The van der Waals surface area contributed by atoms with E-state index in [1.165, 1.54) is 12.5 Å². The van der Waals surface area contributed by atoms with Gasteiger partial charge in [-0.05, 0) is 24.1 Å². The Morgan fingerprint density at radius 3 is 2.87 bits per heavy atom. The van der Waals surface area contributed by atoms with E-state index < -0.39 is 0 Å². The standard InChI is InChI=1S/C12H14O3/c1-8-5-10(6-11-7-14-11)3-4-12(8)15-9(2)13/h3-5,11H,6-7H2,1-2H3/t11-/m1/s1. The number of ether oxygens (including phenoxy) is 2. The van der Waals surface area contributed by atoms with Gasteiger partial charge in [0.2, 0.25) is 0 Å². The van der Waals surface area contributed by atoms with Crippen LogP contribution >= 0.6 is 0 Å². The van der Waals surface area contributed by atoms with E-state index in [1.54, 1.807) is 0 Å². The third-order valence-corrected chi connectivity index (χ3v) is 2.36. The Hall–Kier alpha value is -1.35. The number of hydrogen-bond donors (Lipinski definition) is 0. The zero-order valence-corrected chi connectivity index (χ0v) is 8.95. The third kappa shape index (κ3) is 2.80. The van der Waals surface area contributed by atoms with Crippen LogP contribution in [0.15, 0.2) is 18.2 Å². The Balaban J connectivity index is 2.10. The fourth-order valence-electron chi connectivity index (χ4n) is 1.56. The van der Waals surface area contributed by atoms with Crippen LogP contribution in [0.25, 0.3) is 0 Å². The lowest BCUT2D eigenvalue weighted by Crippen LogP contribution is -2.03. The summed E-state index contributed by atoms with van der Waals surface area (Å²) in [6.07, 6.45) is 1.34. The van der Waals surface area contributed by atoms with Crippen LogP contribution in [0.4, 0.5) is 0 Å². The molecule has 1 atom stereocenters. The smallest absolute Gasteiger partial charge is 0.308 e. The van der Waals surface area contributed by atoms with Gasteiger partial charge in [-0.2, -0.15) is 0 Å². The minimum absolute atomic E-state index is 0.281. The van der Waals surface area contributed by atoms with Crippen LogP contribution in [0, 0.1) is 6.92 Å². The summed E-state index contributed by atoms with van der Waals surface area (Å²) in [6.45, 7) is 4.21. The first-order valence-electron chi connectivity index (χ1n) is 5.04. The van der Waals surface area contributed by atoms with Crippen molar-refractivity contribution in [2.75, 3.05) is 6.61 Å². The molecule has 3 heteroatoms. The summed E-state index contributed by atoms with van der Waals surface area (Å²) in [5, 5.41) is 0. The number of carbonyl (C=O) groups is 1. The van der Waals surface area contributed by atoms with Crippen molar-refractivity contribution in [2.24, 2.45) is 0 Å². The second kappa shape index (κ2) is 4.03. The molecule has 1 aromatic carbocycles. The maximum absolute atomic E-state index is 10.8. The average Bonchev–Trinajstić information content (AvgIpc) is 2.93. The zero-order valence-electron chi connectivity index (χ0n) is 8.95. The largest absolute Gasteiger partial charge is 0.426 e. The first-order chi connectivity index (χ1) is 7.15. The summed E-state index contributed by atoms with van der Waals surface area (Å²) in [4.78, 5) is 10.8. The SMILES string of the molecule is CC(=O)Oc1ccc(C[C@@H]2CO2)cc1C. The quantitative estimate of drug-likeness (QED) is 0.430. The molecule has 0 spiro atoms. The van der Waals surface area contributed by atoms with Gasteiger partial charge in [-0.1, -0.05) is 12.1 Å². The van der Waals surface area contributed by atoms with Crippen molar-refractivity contribution in [1.29, 1.82) is 0 Å². The van der Waals surface area contributed by atoms with Crippen molar-refractivity contribution in [3.05, 3.63) is 29.3 Å². The third-order valence-electron chi connectivity index (χ3n) is 2.36. The molecule has 0 aliphatic carbocycles. The highest BCUT2D eigenvalue weighted by Gasteiger charge is 2.22. The first kappa shape index (κ1) is 10.2. The second-order valence-electron chi connectivity index (χ2n) is 3.85. The number of rotatable bonds is 3. The Labute approximate surface area is 89.0 Å². The molecule has 0 aromatic heterocycles. The summed E-state index contributed by atoms with van der Waals surface area (Å²) >= 11 is 0. The second-order valence-corrected chi connectivity index (χ2v) is 3.85. The van der Waals surface area contributed by atoms with Gasteiger partial charge in [-0.3, -0.25) is 4.79 Å². The molecular formula is C12H14O3. The van der Waals surface area contributed by atoms with Gasteiger partial charge in [-0.25, -0.2) is 0 Å². The normalized spacial score (nSPS) is 18.7. The summed E-state index contributed by atoms with van der Waals surface area (Å²) < 4.78 is 10.2. The lowest BCUT2D eigenvalue weighted by molar-refractivity contribution is -0.131. The zero-order chi connectivity index (χ0) is 10.8. The topological polar surface area (TPSA) is 38.8 Å². The van der Waals surface area contributed by atoms with E-state index in [1.807, 2.05) is 25.1 Å². The van der Waals surface area contributed by atoms with Gasteiger partial charge >= 0.3 is 5.97 Å². The van der Waals surface area contributed by atoms with Crippen molar-refractivity contribution in [3.63, 3.8) is 0 Å². The number of hydrogen-bond acceptors (Lipinski definition) is 3. The van der Waals surface area contributed by atoms with E-state index in [2.05, 4.69) is 0 Å². The van der Waals surface area contributed by atoms with E-state index in [-0.39, 0.29) is 5.97 Å². The monoisotopic (exact) mass is 206 g/mol. The molecule has 15 heavy (non-hydrogen) atoms. The van der Waals surface area contributed by atoms with Gasteiger partial charge in [0.1, 0.15) is 5.75 Å². The lowest BCUT2D eigenvalue weighted by atomic mass is 10.1. The molecule has 0 unspecified atom stereocenters. The maximum atomic E-state index is 10.8. The first-order valence-corrected chi connectivity index (χ1v) is 5.04. The van der Waals surface area contributed by atoms with E-state index >= 15 is 0 Å². The van der Waals surface area contributed by atoms with Gasteiger partial charge in [0.15, 0.2) is 0 Å². The lowest BCUT2D eigenvalue weighted by Gasteiger charge is -2.07. The summed E-state index contributed by atoms with van der Waals surface area (Å²) in [5.41, 5.74) is 2.22.